The van der Waals surface area contributed by atoms with Crippen molar-refractivity contribution in [2.24, 2.45) is 5.92 Å². The predicted molar refractivity (Wildman–Crippen MR) is 120 cm³/mol. The van der Waals surface area contributed by atoms with Crippen molar-refractivity contribution in [3.05, 3.63) is 23.7 Å². The van der Waals surface area contributed by atoms with Gasteiger partial charge in [0.1, 0.15) is 6.10 Å². The summed E-state index contributed by atoms with van der Waals surface area (Å²) in [5.41, 5.74) is 2.79. The number of hydrogen-bond donors (Lipinski definition) is 0. The van der Waals surface area contributed by atoms with E-state index in [9.17, 15) is 4.79 Å². The normalized spacial score (nSPS) is 24.8. The molecule has 3 aliphatic heterocycles. The van der Waals surface area contributed by atoms with Crippen LogP contribution < -0.4 is 4.90 Å². The Morgan fingerprint density at radius 3 is 2.66 bits per heavy atom. The summed E-state index contributed by atoms with van der Waals surface area (Å²) in [4.78, 5) is 26.9. The first-order valence-corrected chi connectivity index (χ1v) is 12.0. The van der Waals surface area contributed by atoms with Crippen molar-refractivity contribution >= 4 is 11.9 Å². The van der Waals surface area contributed by atoms with E-state index in [-0.39, 0.29) is 17.9 Å². The maximum atomic E-state index is 12.8. The fourth-order valence-corrected chi connectivity index (χ4v) is 5.25. The molecule has 32 heavy (non-hydrogen) atoms. The molecule has 1 amide bonds. The third-order valence-electron chi connectivity index (χ3n) is 7.04. The highest BCUT2D eigenvalue weighted by atomic mass is 16.5. The highest BCUT2D eigenvalue weighted by molar-refractivity contribution is 5.81. The molecule has 0 aliphatic carbocycles. The molecular formula is C24H33N5O3. The van der Waals surface area contributed by atoms with Crippen molar-refractivity contribution in [2.75, 3.05) is 37.7 Å². The van der Waals surface area contributed by atoms with Crippen molar-refractivity contribution < 1.29 is 14.1 Å². The molecule has 0 bridgehead atoms. The molecule has 3 fully saturated rings. The van der Waals surface area contributed by atoms with E-state index in [2.05, 4.69) is 17.0 Å². The van der Waals surface area contributed by atoms with Gasteiger partial charge in [-0.1, -0.05) is 12.1 Å². The van der Waals surface area contributed by atoms with Gasteiger partial charge in [0, 0.05) is 51.0 Å². The second kappa shape index (κ2) is 9.17. The molecule has 0 N–H and O–H groups in total. The third-order valence-corrected chi connectivity index (χ3v) is 7.04. The number of rotatable bonds is 4. The largest absolute Gasteiger partial charge is 0.368 e. The van der Waals surface area contributed by atoms with E-state index in [0.717, 1.165) is 74.8 Å². The first kappa shape index (κ1) is 21.4. The molecule has 0 unspecified atom stereocenters. The van der Waals surface area contributed by atoms with Crippen LogP contribution in [-0.4, -0.2) is 64.8 Å². The summed E-state index contributed by atoms with van der Waals surface area (Å²) in [5.74, 6) is 2.59. The van der Waals surface area contributed by atoms with Crippen LogP contribution in [-0.2, 0) is 9.53 Å². The van der Waals surface area contributed by atoms with Crippen LogP contribution in [0.25, 0.3) is 11.3 Å². The van der Waals surface area contributed by atoms with Gasteiger partial charge in [0.2, 0.25) is 5.95 Å². The zero-order valence-electron chi connectivity index (χ0n) is 19.1. The highest BCUT2D eigenvalue weighted by Gasteiger charge is 2.33. The summed E-state index contributed by atoms with van der Waals surface area (Å²) in [7, 11) is 0. The van der Waals surface area contributed by atoms with Gasteiger partial charge in [0.25, 0.3) is 5.91 Å². The lowest BCUT2D eigenvalue weighted by Crippen LogP contribution is -2.43. The Morgan fingerprint density at radius 1 is 1.12 bits per heavy atom. The molecule has 3 aliphatic rings. The van der Waals surface area contributed by atoms with E-state index >= 15 is 0 Å². The Bertz CT molecular complexity index is 947. The minimum atomic E-state index is -0.244. The number of hydrogen-bond acceptors (Lipinski definition) is 7. The Hall–Kier alpha value is -2.48. The number of aromatic nitrogens is 3. The van der Waals surface area contributed by atoms with Gasteiger partial charge in [0.05, 0.1) is 17.0 Å². The molecule has 2 aromatic rings. The molecule has 5 rings (SSSR count). The molecule has 0 saturated carbocycles. The number of carbonyl (C=O) groups excluding carboxylic acids is 1. The number of likely N-dealkylation sites (tertiary alicyclic amines) is 1. The maximum absolute atomic E-state index is 12.8. The summed E-state index contributed by atoms with van der Waals surface area (Å²) < 4.78 is 11.2. The maximum Gasteiger partial charge on any atom is 0.251 e. The Morgan fingerprint density at radius 2 is 1.97 bits per heavy atom. The zero-order chi connectivity index (χ0) is 22.1. The van der Waals surface area contributed by atoms with Gasteiger partial charge in [-0.05, 0) is 51.4 Å². The van der Waals surface area contributed by atoms with Gasteiger partial charge in [-0.2, -0.15) is 0 Å². The van der Waals surface area contributed by atoms with Crippen LogP contribution >= 0.6 is 0 Å². The van der Waals surface area contributed by atoms with E-state index in [1.807, 2.05) is 24.1 Å². The molecule has 2 aromatic heterocycles. The number of nitrogens with zero attached hydrogens (tertiary/aromatic N) is 5. The van der Waals surface area contributed by atoms with E-state index in [1.165, 1.54) is 12.8 Å². The molecule has 0 spiro atoms. The average Bonchev–Trinajstić information content (AvgIpc) is 3.50. The molecule has 5 heterocycles. The second-order valence-corrected chi connectivity index (χ2v) is 9.60. The second-order valence-electron chi connectivity index (χ2n) is 9.60. The molecule has 0 aromatic carbocycles. The molecule has 172 valence electrons. The van der Waals surface area contributed by atoms with Crippen molar-refractivity contribution in [3.8, 4) is 11.3 Å². The highest BCUT2D eigenvalue weighted by Crippen LogP contribution is 2.36. The SMILES string of the molecule is Cc1cc(-c2cnc(N3CCC[C@@H](C)C3)nc2C2CCN(C(=O)[C@H]3CCCO3)CC2)on1. The Kier molecular flexibility index (Phi) is 6.13. The van der Waals surface area contributed by atoms with Gasteiger partial charge in [-0.15, -0.1) is 0 Å². The van der Waals surface area contributed by atoms with E-state index in [4.69, 9.17) is 19.2 Å². The average molecular weight is 440 g/mol. The summed E-state index contributed by atoms with van der Waals surface area (Å²) >= 11 is 0. The van der Waals surface area contributed by atoms with Gasteiger partial charge < -0.3 is 19.1 Å². The Labute approximate surface area is 189 Å². The summed E-state index contributed by atoms with van der Waals surface area (Å²) in [6, 6.07) is 1.95. The monoisotopic (exact) mass is 439 g/mol. The van der Waals surface area contributed by atoms with Crippen LogP contribution in [0.1, 0.15) is 62.8 Å². The molecule has 8 nitrogen and oxygen atoms in total. The van der Waals surface area contributed by atoms with Crippen molar-refractivity contribution in [2.45, 2.75) is 64.4 Å². The molecular weight excluding hydrogens is 406 g/mol. The number of piperidine rings is 2. The molecule has 2 atom stereocenters. The number of carbonyl (C=O) groups is 1. The summed E-state index contributed by atoms with van der Waals surface area (Å²) in [6.07, 6.45) is 7.68. The van der Waals surface area contributed by atoms with Crippen LogP contribution in [0, 0.1) is 12.8 Å². The third kappa shape index (κ3) is 4.37. The van der Waals surface area contributed by atoms with Crippen molar-refractivity contribution in [1.82, 2.24) is 20.0 Å². The number of ether oxygens (including phenoxy) is 1. The van der Waals surface area contributed by atoms with E-state index < -0.39 is 0 Å². The number of amides is 1. The smallest absolute Gasteiger partial charge is 0.251 e. The number of aryl methyl sites for hydroxylation is 1. The topological polar surface area (TPSA) is 84.6 Å². The number of anilines is 1. The molecule has 3 saturated heterocycles. The zero-order valence-corrected chi connectivity index (χ0v) is 19.1. The summed E-state index contributed by atoms with van der Waals surface area (Å²) in [5, 5.41) is 4.07. The fourth-order valence-electron chi connectivity index (χ4n) is 5.25. The minimum absolute atomic E-state index is 0.151. The van der Waals surface area contributed by atoms with Gasteiger partial charge in [-0.3, -0.25) is 4.79 Å². The molecule has 8 heteroatoms. The first-order valence-electron chi connectivity index (χ1n) is 12.0. The Balaban J connectivity index is 1.38. The molecule has 0 radical (unpaired) electrons. The van der Waals surface area contributed by atoms with Crippen LogP contribution in [0.3, 0.4) is 0 Å². The van der Waals surface area contributed by atoms with Crippen LogP contribution in [0.5, 0.6) is 0 Å². The van der Waals surface area contributed by atoms with Crippen LogP contribution in [0.15, 0.2) is 16.8 Å². The van der Waals surface area contributed by atoms with Crippen molar-refractivity contribution in [3.63, 3.8) is 0 Å². The van der Waals surface area contributed by atoms with Crippen molar-refractivity contribution in [1.29, 1.82) is 0 Å². The fraction of sp³-hybridized carbons (Fsp3) is 0.667. The van der Waals surface area contributed by atoms with E-state index in [1.54, 1.807) is 0 Å². The standard InChI is InChI=1S/C24H33N5O3/c1-16-5-3-9-29(15-16)24-25-14-19(21-13-17(2)27-32-21)22(26-24)18-7-10-28(11-8-18)23(30)20-6-4-12-31-20/h13-14,16,18,20H,3-12,15H2,1-2H3/t16-,20-/m1/s1. The van der Waals surface area contributed by atoms with Gasteiger partial charge in [-0.25, -0.2) is 9.97 Å². The quantitative estimate of drug-likeness (QED) is 0.720. The first-order chi connectivity index (χ1) is 15.6. The van der Waals surface area contributed by atoms with E-state index in [0.29, 0.717) is 18.3 Å². The van der Waals surface area contributed by atoms with Gasteiger partial charge in [0.15, 0.2) is 5.76 Å². The van der Waals surface area contributed by atoms with Gasteiger partial charge >= 0.3 is 0 Å². The predicted octanol–water partition coefficient (Wildman–Crippen LogP) is 3.56. The van der Waals surface area contributed by atoms with Crippen LogP contribution in [0.2, 0.25) is 0 Å². The minimum Gasteiger partial charge on any atom is -0.368 e. The van der Waals surface area contributed by atoms with Crippen LogP contribution in [0.4, 0.5) is 5.95 Å². The summed E-state index contributed by atoms with van der Waals surface area (Å²) in [6.45, 7) is 8.38. The lowest BCUT2D eigenvalue weighted by Gasteiger charge is -2.34. The lowest BCUT2D eigenvalue weighted by atomic mass is 9.90. The lowest BCUT2D eigenvalue weighted by molar-refractivity contribution is -0.142.